The highest BCUT2D eigenvalue weighted by molar-refractivity contribution is 8.00. The molecule has 0 saturated carbocycles. The molecule has 2 saturated heterocycles. The Kier molecular flexibility index (Phi) is 5.17. The fourth-order valence-corrected chi connectivity index (χ4v) is 4.45. The maximum Gasteiger partial charge on any atom is 0.333 e. The summed E-state index contributed by atoms with van der Waals surface area (Å²) in [5.41, 5.74) is 6.33. The first-order valence-corrected chi connectivity index (χ1v) is 10.6. The molecule has 4 rings (SSSR count). The standard InChI is InChI=1S/C13H19N7O6S2/c14-10-7-11(18-4-17-10)20(19-12(7)27-5-1-16-2-5)13-9(22)8(21)6(26-13)3-25-28(15,23)24/h4-6,8-9,13,16,21-22H,1-3H2,(H2,14,17,18)(H2,15,23,24)/t6-,8-,9-,13-/m1/s1. The average Bonchev–Trinajstić information content (AvgIpc) is 3.08. The third-order valence-electron chi connectivity index (χ3n) is 4.48. The monoisotopic (exact) mass is 433 g/mol. The minimum absolute atomic E-state index is 0.230. The molecular weight excluding hydrogens is 414 g/mol. The number of aliphatic hydroxyl groups excluding tert-OH is 2. The molecule has 0 aliphatic carbocycles. The molecule has 2 fully saturated rings. The summed E-state index contributed by atoms with van der Waals surface area (Å²) in [6.07, 6.45) is -3.83. The van der Waals surface area contributed by atoms with E-state index in [9.17, 15) is 18.6 Å². The number of hydrogen-bond acceptors (Lipinski definition) is 12. The molecule has 0 aromatic carbocycles. The van der Waals surface area contributed by atoms with Crippen LogP contribution < -0.4 is 16.2 Å². The Bertz CT molecular complexity index is 981. The molecule has 2 aromatic heterocycles. The first kappa shape index (κ1) is 19.7. The summed E-state index contributed by atoms with van der Waals surface area (Å²) >= 11 is 1.50. The molecule has 2 aromatic rings. The molecule has 0 bridgehead atoms. The van der Waals surface area contributed by atoms with Crippen LogP contribution in [0.3, 0.4) is 0 Å². The number of nitrogens with zero attached hydrogens (tertiary/aromatic N) is 4. The zero-order chi connectivity index (χ0) is 20.1. The lowest BCUT2D eigenvalue weighted by atomic mass is 10.1. The number of nitrogens with two attached hydrogens (primary N) is 2. The number of anilines is 1. The molecule has 4 heterocycles. The van der Waals surface area contributed by atoms with Gasteiger partial charge in [-0.2, -0.15) is 13.5 Å². The van der Waals surface area contributed by atoms with Gasteiger partial charge in [-0.25, -0.2) is 19.8 Å². The van der Waals surface area contributed by atoms with Crippen LogP contribution >= 0.6 is 11.8 Å². The third kappa shape index (κ3) is 3.67. The predicted octanol–water partition coefficient (Wildman–Crippen LogP) is -2.69. The number of nitrogens with one attached hydrogen (secondary N) is 1. The van der Waals surface area contributed by atoms with Crippen LogP contribution in [0.2, 0.25) is 0 Å². The highest BCUT2D eigenvalue weighted by Crippen LogP contribution is 2.37. The van der Waals surface area contributed by atoms with E-state index in [-0.39, 0.29) is 5.82 Å². The van der Waals surface area contributed by atoms with Gasteiger partial charge in [0.05, 0.1) is 12.0 Å². The van der Waals surface area contributed by atoms with Gasteiger partial charge in [0.15, 0.2) is 11.9 Å². The lowest BCUT2D eigenvalue weighted by molar-refractivity contribution is -0.0532. The molecule has 2 aliphatic heterocycles. The molecule has 0 unspecified atom stereocenters. The van der Waals surface area contributed by atoms with E-state index in [1.165, 1.54) is 22.8 Å². The van der Waals surface area contributed by atoms with Gasteiger partial charge in [-0.15, -0.1) is 0 Å². The minimum Gasteiger partial charge on any atom is -0.387 e. The smallest absolute Gasteiger partial charge is 0.333 e. The van der Waals surface area contributed by atoms with Crippen LogP contribution in [0.5, 0.6) is 0 Å². The number of hydrogen-bond donors (Lipinski definition) is 5. The fraction of sp³-hybridized carbons (Fsp3) is 0.615. The van der Waals surface area contributed by atoms with Crippen LogP contribution in [0.1, 0.15) is 6.23 Å². The zero-order valence-corrected chi connectivity index (χ0v) is 16.0. The van der Waals surface area contributed by atoms with Gasteiger partial charge in [-0.1, -0.05) is 11.8 Å². The fourth-order valence-electron chi connectivity index (χ4n) is 2.96. The Hall–Kier alpha value is -1.59. The molecule has 2 aliphatic rings. The van der Waals surface area contributed by atoms with Crippen LogP contribution in [0.25, 0.3) is 11.0 Å². The molecule has 0 spiro atoms. The van der Waals surface area contributed by atoms with Crippen LogP contribution in [0.4, 0.5) is 5.82 Å². The van der Waals surface area contributed by atoms with Gasteiger partial charge >= 0.3 is 10.3 Å². The topological polar surface area (TPSA) is 201 Å². The average molecular weight is 433 g/mol. The zero-order valence-electron chi connectivity index (χ0n) is 14.4. The van der Waals surface area contributed by atoms with E-state index >= 15 is 0 Å². The van der Waals surface area contributed by atoms with E-state index in [1.807, 2.05) is 0 Å². The van der Waals surface area contributed by atoms with Gasteiger partial charge in [0.1, 0.15) is 35.5 Å². The number of aromatic nitrogens is 4. The van der Waals surface area contributed by atoms with E-state index in [1.54, 1.807) is 0 Å². The Balaban J connectivity index is 1.65. The van der Waals surface area contributed by atoms with Gasteiger partial charge in [0.25, 0.3) is 0 Å². The molecule has 4 atom stereocenters. The van der Waals surface area contributed by atoms with E-state index in [4.69, 9.17) is 15.6 Å². The third-order valence-corrected chi connectivity index (χ3v) is 6.12. The van der Waals surface area contributed by atoms with E-state index in [0.29, 0.717) is 21.3 Å². The second-order valence-corrected chi connectivity index (χ2v) is 8.94. The lowest BCUT2D eigenvalue weighted by Gasteiger charge is -2.25. The molecule has 13 nitrogen and oxygen atoms in total. The molecule has 15 heteroatoms. The number of nitrogen functional groups attached to an aromatic ring is 1. The second-order valence-electron chi connectivity index (χ2n) is 6.43. The van der Waals surface area contributed by atoms with Crippen molar-refractivity contribution in [3.05, 3.63) is 6.33 Å². The second kappa shape index (κ2) is 7.34. The van der Waals surface area contributed by atoms with E-state index < -0.39 is 41.5 Å². The highest BCUT2D eigenvalue weighted by Gasteiger charge is 2.45. The van der Waals surface area contributed by atoms with Crippen molar-refractivity contribution in [3.8, 4) is 0 Å². The summed E-state index contributed by atoms with van der Waals surface area (Å²) in [6.45, 7) is 1.08. The summed E-state index contributed by atoms with van der Waals surface area (Å²) in [4.78, 5) is 8.18. The molecule has 154 valence electrons. The summed E-state index contributed by atoms with van der Waals surface area (Å²) in [5, 5.41) is 34.5. The number of fused-ring (bicyclic) bond motifs is 1. The number of rotatable bonds is 6. The van der Waals surface area contributed by atoms with E-state index in [0.717, 1.165) is 13.1 Å². The summed E-state index contributed by atoms with van der Waals surface area (Å²) in [6, 6.07) is 0. The molecular formula is C13H19N7O6S2. The van der Waals surface area contributed by atoms with Gasteiger partial charge in [0, 0.05) is 18.3 Å². The molecule has 0 amide bonds. The highest BCUT2D eigenvalue weighted by atomic mass is 32.2. The van der Waals surface area contributed by atoms with Gasteiger partial charge in [-0.05, 0) is 0 Å². The van der Waals surface area contributed by atoms with Crippen LogP contribution in [-0.2, 0) is 19.2 Å². The van der Waals surface area contributed by atoms with Crippen LogP contribution in [-0.4, -0.2) is 81.6 Å². The van der Waals surface area contributed by atoms with Gasteiger partial charge in [0.2, 0.25) is 0 Å². The first-order valence-electron chi connectivity index (χ1n) is 8.29. The van der Waals surface area contributed by atoms with Crippen molar-refractivity contribution >= 4 is 38.9 Å². The van der Waals surface area contributed by atoms with Crippen molar-refractivity contribution in [2.75, 3.05) is 25.4 Å². The van der Waals surface area contributed by atoms with E-state index in [2.05, 4.69) is 24.6 Å². The molecule has 28 heavy (non-hydrogen) atoms. The Labute approximate surface area is 163 Å². The minimum atomic E-state index is -4.22. The number of ether oxygens (including phenoxy) is 1. The Morgan fingerprint density at radius 3 is 2.75 bits per heavy atom. The quantitative estimate of drug-likeness (QED) is 0.316. The van der Waals surface area contributed by atoms with Crippen molar-refractivity contribution in [2.24, 2.45) is 5.14 Å². The Morgan fingerprint density at radius 1 is 1.36 bits per heavy atom. The normalized spacial score (nSPS) is 28.7. The van der Waals surface area contributed by atoms with Gasteiger partial charge in [-0.3, -0.25) is 4.18 Å². The van der Waals surface area contributed by atoms with Crippen molar-refractivity contribution in [2.45, 2.75) is 34.8 Å². The number of aliphatic hydroxyl groups is 2. The molecule has 7 N–H and O–H groups in total. The summed E-state index contributed by atoms with van der Waals surface area (Å²) in [5.74, 6) is 0.230. The Morgan fingerprint density at radius 2 is 2.11 bits per heavy atom. The predicted molar refractivity (Wildman–Crippen MR) is 97.2 cm³/mol. The van der Waals surface area contributed by atoms with Gasteiger partial charge < -0.3 is 26.0 Å². The maximum absolute atomic E-state index is 11.0. The number of thioether (sulfide) groups is 1. The first-order chi connectivity index (χ1) is 13.2. The van der Waals surface area contributed by atoms with Crippen molar-refractivity contribution in [1.29, 1.82) is 0 Å². The maximum atomic E-state index is 11.0. The van der Waals surface area contributed by atoms with Crippen LogP contribution in [0, 0.1) is 0 Å². The SMILES string of the molecule is Nc1ncnc2c1c(SC1CNC1)nn2[C@@H]1O[C@H](COS(N)(=O)=O)[C@@H](O)[C@H]1O. The lowest BCUT2D eigenvalue weighted by Crippen LogP contribution is -2.44. The molecule has 0 radical (unpaired) electrons. The van der Waals surface area contributed by atoms with Crippen molar-refractivity contribution < 1.29 is 27.6 Å². The van der Waals surface area contributed by atoms with Crippen molar-refractivity contribution in [1.82, 2.24) is 25.1 Å². The van der Waals surface area contributed by atoms with Crippen molar-refractivity contribution in [3.63, 3.8) is 0 Å². The van der Waals surface area contributed by atoms with Crippen LogP contribution in [0.15, 0.2) is 11.4 Å². The summed E-state index contributed by atoms with van der Waals surface area (Å²) in [7, 11) is -4.22. The largest absolute Gasteiger partial charge is 0.387 e. The summed E-state index contributed by atoms with van der Waals surface area (Å²) < 4.78 is 33.3.